The SMILES string of the molecule is O=C1OC2C3CC(C2OC(=O)C24CC5CC(CC(C5)C2)C4)C(C(=O)Oc2ccc4cc(S(=O)(=O)[O-])ccc4c2)C13. The van der Waals surface area contributed by atoms with Gasteiger partial charge in [-0.1, -0.05) is 12.1 Å². The van der Waals surface area contributed by atoms with E-state index in [2.05, 4.69) is 0 Å². The Morgan fingerprint density at radius 2 is 1.55 bits per heavy atom. The third-order valence-corrected chi connectivity index (χ3v) is 11.7. The van der Waals surface area contributed by atoms with Crippen molar-refractivity contribution in [2.75, 3.05) is 0 Å². The van der Waals surface area contributed by atoms with Crippen molar-refractivity contribution in [2.24, 2.45) is 46.8 Å². The Hall–Kier alpha value is -2.98. The van der Waals surface area contributed by atoms with E-state index in [1.807, 2.05) is 0 Å². The van der Waals surface area contributed by atoms with Crippen molar-refractivity contribution in [1.82, 2.24) is 0 Å². The number of rotatable bonds is 5. The number of ether oxygens (including phenoxy) is 3. The minimum Gasteiger partial charge on any atom is -0.744 e. The molecule has 9 nitrogen and oxygen atoms in total. The highest BCUT2D eigenvalue weighted by molar-refractivity contribution is 7.85. The zero-order chi connectivity index (χ0) is 27.6. The zero-order valence-corrected chi connectivity index (χ0v) is 22.5. The van der Waals surface area contributed by atoms with Crippen LogP contribution in [0.5, 0.6) is 5.75 Å². The molecule has 10 heteroatoms. The van der Waals surface area contributed by atoms with Crippen molar-refractivity contribution in [2.45, 2.75) is 62.0 Å². The van der Waals surface area contributed by atoms with E-state index in [0.717, 1.165) is 19.3 Å². The number of hydrogen-bond acceptors (Lipinski definition) is 9. The molecule has 1 heterocycles. The van der Waals surface area contributed by atoms with Gasteiger partial charge in [0.25, 0.3) is 0 Å². The van der Waals surface area contributed by atoms with Gasteiger partial charge in [-0.3, -0.25) is 14.4 Å². The van der Waals surface area contributed by atoms with Gasteiger partial charge in [0, 0.05) is 11.8 Å². The Morgan fingerprint density at radius 1 is 0.900 bits per heavy atom. The smallest absolute Gasteiger partial charge is 0.315 e. The fourth-order valence-corrected chi connectivity index (χ4v) is 10.2. The first-order valence-corrected chi connectivity index (χ1v) is 15.6. The number of hydrogen-bond donors (Lipinski definition) is 0. The van der Waals surface area contributed by atoms with E-state index in [1.165, 1.54) is 43.5 Å². The zero-order valence-electron chi connectivity index (χ0n) is 21.7. The third kappa shape index (κ3) is 3.61. The van der Waals surface area contributed by atoms with Crippen LogP contribution in [0.4, 0.5) is 0 Å². The molecule has 2 aromatic carbocycles. The summed E-state index contributed by atoms with van der Waals surface area (Å²) >= 11 is 0. The van der Waals surface area contributed by atoms with E-state index < -0.39 is 51.5 Å². The minimum atomic E-state index is -4.59. The average Bonchev–Trinajstić information content (AvgIpc) is 3.51. The van der Waals surface area contributed by atoms with Gasteiger partial charge in [-0.25, -0.2) is 8.42 Å². The lowest BCUT2D eigenvalue weighted by Gasteiger charge is -2.55. The number of esters is 3. The van der Waals surface area contributed by atoms with Gasteiger partial charge in [-0.15, -0.1) is 0 Å². The van der Waals surface area contributed by atoms with Crippen LogP contribution in [0.1, 0.15) is 44.9 Å². The summed E-state index contributed by atoms with van der Waals surface area (Å²) in [5.74, 6) is -1.06. The summed E-state index contributed by atoms with van der Waals surface area (Å²) in [6.07, 6.45) is 5.69. The molecule has 6 unspecified atom stereocenters. The first-order valence-electron chi connectivity index (χ1n) is 14.2. The van der Waals surface area contributed by atoms with Crippen molar-refractivity contribution in [3.63, 3.8) is 0 Å². The van der Waals surface area contributed by atoms with Gasteiger partial charge in [0.05, 0.1) is 22.1 Å². The van der Waals surface area contributed by atoms with Crippen LogP contribution in [0.3, 0.4) is 0 Å². The van der Waals surface area contributed by atoms with Crippen LogP contribution in [0.2, 0.25) is 0 Å². The Bertz CT molecular complexity index is 1540. The quantitative estimate of drug-likeness (QED) is 0.303. The van der Waals surface area contributed by atoms with E-state index in [1.54, 1.807) is 12.1 Å². The summed E-state index contributed by atoms with van der Waals surface area (Å²) < 4.78 is 51.7. The highest BCUT2D eigenvalue weighted by atomic mass is 32.2. The van der Waals surface area contributed by atoms with E-state index >= 15 is 0 Å². The summed E-state index contributed by atoms with van der Waals surface area (Å²) in [5, 5.41) is 1.10. The van der Waals surface area contributed by atoms with Gasteiger partial charge in [0.1, 0.15) is 28.1 Å². The molecule has 0 amide bonds. The van der Waals surface area contributed by atoms with Gasteiger partial charge >= 0.3 is 17.9 Å². The molecule has 1 saturated heterocycles. The molecular weight excluding hydrogens is 536 g/mol. The van der Waals surface area contributed by atoms with Crippen molar-refractivity contribution in [3.05, 3.63) is 36.4 Å². The molecule has 0 N–H and O–H groups in total. The monoisotopic (exact) mass is 565 g/mol. The van der Waals surface area contributed by atoms with Gasteiger partial charge < -0.3 is 18.8 Å². The highest BCUT2D eigenvalue weighted by Gasteiger charge is 2.71. The number of carbonyl (C=O) groups is 3. The molecular formula is C30H29O9S-. The molecule has 9 rings (SSSR count). The second-order valence-corrected chi connectivity index (χ2v) is 14.5. The Kier molecular flexibility index (Phi) is 5.13. The molecule has 2 aromatic rings. The topological polar surface area (TPSA) is 136 Å². The van der Waals surface area contributed by atoms with E-state index in [4.69, 9.17) is 14.2 Å². The predicted molar refractivity (Wildman–Crippen MR) is 136 cm³/mol. The van der Waals surface area contributed by atoms with Gasteiger partial charge in [-0.2, -0.15) is 0 Å². The molecule has 0 spiro atoms. The molecule has 6 aliphatic carbocycles. The Labute approximate surface area is 231 Å². The van der Waals surface area contributed by atoms with Crippen molar-refractivity contribution in [3.8, 4) is 5.75 Å². The van der Waals surface area contributed by atoms with Gasteiger partial charge in [0.15, 0.2) is 0 Å². The summed E-state index contributed by atoms with van der Waals surface area (Å²) in [6, 6.07) is 8.65. The molecule has 0 radical (unpaired) electrons. The van der Waals surface area contributed by atoms with Crippen LogP contribution in [0, 0.1) is 46.8 Å². The van der Waals surface area contributed by atoms with Crippen LogP contribution < -0.4 is 4.74 Å². The minimum absolute atomic E-state index is 0.173. The summed E-state index contributed by atoms with van der Waals surface area (Å²) in [6.45, 7) is 0. The lowest BCUT2D eigenvalue weighted by Crippen LogP contribution is -2.53. The van der Waals surface area contributed by atoms with E-state index in [-0.39, 0.29) is 28.5 Å². The van der Waals surface area contributed by atoms with Crippen LogP contribution in [0.25, 0.3) is 10.8 Å². The maximum absolute atomic E-state index is 13.7. The molecule has 1 aliphatic heterocycles. The lowest BCUT2D eigenvalue weighted by molar-refractivity contribution is -0.187. The van der Waals surface area contributed by atoms with Crippen LogP contribution >= 0.6 is 0 Å². The normalized spacial score (nSPS) is 40.4. The largest absolute Gasteiger partial charge is 0.744 e. The molecule has 40 heavy (non-hydrogen) atoms. The van der Waals surface area contributed by atoms with Crippen LogP contribution in [0.15, 0.2) is 41.3 Å². The summed E-state index contributed by atoms with van der Waals surface area (Å²) in [4.78, 5) is 39.8. The third-order valence-electron chi connectivity index (χ3n) is 10.8. The summed E-state index contributed by atoms with van der Waals surface area (Å²) in [7, 11) is -4.59. The molecule has 6 atom stereocenters. The fraction of sp³-hybridized carbons (Fsp3) is 0.567. The predicted octanol–water partition coefficient (Wildman–Crippen LogP) is 3.59. The number of carbonyl (C=O) groups excluding carboxylic acids is 3. The van der Waals surface area contributed by atoms with Crippen LogP contribution in [-0.2, 0) is 34.0 Å². The maximum Gasteiger partial charge on any atom is 0.315 e. The molecule has 6 bridgehead atoms. The standard InChI is InChI=1S/C30H30O9S/c31-27(37-19-3-1-18-9-20(40(34,35)36)4-2-17(18)8-19)23-22-10-21-24(23)28(32)38-25(21)26(22)39-29(33)30-11-14-5-15(12-30)7-16(6-14)13-30/h1-4,8-9,14-16,21-26H,5-7,10-13H2,(H,34,35,36)/p-1. The Morgan fingerprint density at radius 3 is 2.23 bits per heavy atom. The van der Waals surface area contributed by atoms with Gasteiger partial charge in [0.2, 0.25) is 0 Å². The molecule has 210 valence electrons. The Balaban J connectivity index is 1.03. The number of fused-ring (bicyclic) bond motifs is 2. The number of benzene rings is 2. The first kappa shape index (κ1) is 24.8. The lowest BCUT2D eigenvalue weighted by atomic mass is 9.49. The second kappa shape index (κ2) is 8.28. The second-order valence-electron chi connectivity index (χ2n) is 13.1. The molecule has 7 aliphatic rings. The summed E-state index contributed by atoms with van der Waals surface area (Å²) in [5.41, 5.74) is -0.439. The molecule has 6 saturated carbocycles. The maximum atomic E-state index is 13.7. The van der Waals surface area contributed by atoms with Crippen molar-refractivity contribution >= 4 is 38.8 Å². The first-order chi connectivity index (χ1) is 19.1. The van der Waals surface area contributed by atoms with Gasteiger partial charge in [-0.05, 0) is 97.7 Å². The van der Waals surface area contributed by atoms with Crippen molar-refractivity contribution in [1.29, 1.82) is 0 Å². The van der Waals surface area contributed by atoms with Crippen molar-refractivity contribution < 1.29 is 41.6 Å². The average molecular weight is 566 g/mol. The molecule has 7 fully saturated rings. The van der Waals surface area contributed by atoms with Crippen LogP contribution in [-0.4, -0.2) is 43.1 Å². The van der Waals surface area contributed by atoms with E-state index in [0.29, 0.717) is 34.9 Å². The molecule has 0 aromatic heterocycles. The van der Waals surface area contributed by atoms with E-state index in [9.17, 15) is 27.4 Å². The fourth-order valence-electron chi connectivity index (χ4n) is 9.68. The highest BCUT2D eigenvalue weighted by Crippen LogP contribution is 2.62.